The normalized spacial score (nSPS) is 11.7. The van der Waals surface area contributed by atoms with E-state index in [9.17, 15) is 13.0 Å². The van der Waals surface area contributed by atoms with E-state index in [4.69, 9.17) is 4.42 Å². The summed E-state index contributed by atoms with van der Waals surface area (Å²) in [6.07, 6.45) is 5.06. The maximum Gasteiger partial charge on any atom is 0.228 e. The Kier molecular flexibility index (Phi) is 3.91. The molecule has 0 unspecified atom stereocenters. The monoisotopic (exact) mass is 283 g/mol. The third-order valence-electron chi connectivity index (χ3n) is 2.42. The van der Waals surface area contributed by atoms with E-state index >= 15 is 0 Å². The van der Waals surface area contributed by atoms with Crippen LogP contribution in [0.1, 0.15) is 12.1 Å². The predicted octanol–water partition coefficient (Wildman–Crippen LogP) is 0.268. The number of hydrogen-bond acceptors (Lipinski definition) is 6. The smallest absolute Gasteiger partial charge is 0.228 e. The summed E-state index contributed by atoms with van der Waals surface area (Å²) in [4.78, 5) is 4.17. The number of aryl methyl sites for hydroxylation is 2. The summed E-state index contributed by atoms with van der Waals surface area (Å²) < 4.78 is 38.2. The van der Waals surface area contributed by atoms with Gasteiger partial charge in [-0.1, -0.05) is 4.68 Å². The molecule has 0 aliphatic heterocycles. The molecule has 0 atom stereocenters. The van der Waals surface area contributed by atoms with Crippen LogP contribution < -0.4 is 4.68 Å². The van der Waals surface area contributed by atoms with Gasteiger partial charge in [-0.15, -0.1) is 0 Å². The summed E-state index contributed by atoms with van der Waals surface area (Å²) in [7, 11) is -4.16. The molecule has 0 bridgehead atoms. The standard InChI is InChI=1S/C11H13N3O4S/c1-9-8-18-11(13-9)10-3-5-14(12-7-10)4-2-6-19(15,16)17/h3,5,7-8H,2,4,6H2,1H3. The van der Waals surface area contributed by atoms with Crippen molar-refractivity contribution in [1.29, 1.82) is 0 Å². The van der Waals surface area contributed by atoms with Crippen LogP contribution in [0.5, 0.6) is 0 Å². The van der Waals surface area contributed by atoms with Crippen molar-refractivity contribution in [3.63, 3.8) is 0 Å². The van der Waals surface area contributed by atoms with Gasteiger partial charge < -0.3 is 8.97 Å². The lowest BCUT2D eigenvalue weighted by Gasteiger charge is -2.03. The second-order valence-corrected chi connectivity index (χ2v) is 5.61. The molecule has 2 rings (SSSR count). The van der Waals surface area contributed by atoms with Gasteiger partial charge in [0.15, 0.2) is 12.7 Å². The molecule has 7 nitrogen and oxygen atoms in total. The lowest BCUT2D eigenvalue weighted by Crippen LogP contribution is -2.38. The molecule has 102 valence electrons. The molecule has 2 heterocycles. The molecule has 8 heteroatoms. The van der Waals surface area contributed by atoms with Gasteiger partial charge in [0.05, 0.1) is 21.4 Å². The quantitative estimate of drug-likeness (QED) is 0.576. The molecule has 0 saturated carbocycles. The highest BCUT2D eigenvalue weighted by Crippen LogP contribution is 2.15. The van der Waals surface area contributed by atoms with Crippen molar-refractivity contribution in [1.82, 2.24) is 10.1 Å². The zero-order chi connectivity index (χ0) is 13.9. The Morgan fingerprint density at radius 3 is 2.79 bits per heavy atom. The van der Waals surface area contributed by atoms with Crippen LogP contribution in [-0.2, 0) is 16.7 Å². The molecule has 0 fully saturated rings. The van der Waals surface area contributed by atoms with E-state index in [0.717, 1.165) is 11.3 Å². The largest absolute Gasteiger partial charge is 0.748 e. The molecular weight excluding hydrogens is 270 g/mol. The van der Waals surface area contributed by atoms with E-state index in [2.05, 4.69) is 10.1 Å². The molecule has 0 spiro atoms. The van der Waals surface area contributed by atoms with E-state index in [1.54, 1.807) is 29.4 Å². The summed E-state index contributed by atoms with van der Waals surface area (Å²) in [5, 5.41) is 4.10. The highest BCUT2D eigenvalue weighted by Gasteiger charge is 2.09. The molecule has 0 aromatic carbocycles. The second kappa shape index (κ2) is 5.45. The number of aromatic nitrogens is 3. The van der Waals surface area contributed by atoms with Crippen LogP contribution in [0.2, 0.25) is 0 Å². The van der Waals surface area contributed by atoms with Crippen molar-refractivity contribution in [2.45, 2.75) is 19.9 Å². The molecule has 2 aromatic heterocycles. The molecule has 0 saturated heterocycles. The van der Waals surface area contributed by atoms with Crippen molar-refractivity contribution in [2.75, 3.05) is 5.75 Å². The maximum atomic E-state index is 10.5. The van der Waals surface area contributed by atoms with E-state index in [-0.39, 0.29) is 12.2 Å². The van der Waals surface area contributed by atoms with Crippen molar-refractivity contribution < 1.29 is 22.1 Å². The average molecular weight is 283 g/mol. The first-order valence-electron chi connectivity index (χ1n) is 5.66. The van der Waals surface area contributed by atoms with Crippen LogP contribution in [0.25, 0.3) is 11.5 Å². The lowest BCUT2D eigenvalue weighted by molar-refractivity contribution is -0.753. The van der Waals surface area contributed by atoms with Gasteiger partial charge in [0.2, 0.25) is 5.89 Å². The van der Waals surface area contributed by atoms with Crippen molar-refractivity contribution in [3.8, 4) is 11.5 Å². The zero-order valence-electron chi connectivity index (χ0n) is 10.3. The molecule has 0 N–H and O–H groups in total. The molecule has 2 aromatic rings. The Morgan fingerprint density at radius 2 is 2.26 bits per heavy atom. The topological polar surface area (TPSA) is 100 Å². The maximum absolute atomic E-state index is 10.5. The van der Waals surface area contributed by atoms with E-state index in [0.29, 0.717) is 12.4 Å². The van der Waals surface area contributed by atoms with Crippen LogP contribution in [0.4, 0.5) is 0 Å². The van der Waals surface area contributed by atoms with Gasteiger partial charge in [-0.05, 0) is 12.0 Å². The summed E-state index contributed by atoms with van der Waals surface area (Å²) in [6, 6.07) is 1.77. The first-order chi connectivity index (χ1) is 8.94. The second-order valence-electron chi connectivity index (χ2n) is 4.09. The fourth-order valence-corrected chi connectivity index (χ4v) is 2.02. The van der Waals surface area contributed by atoms with Gasteiger partial charge in [0.1, 0.15) is 12.5 Å². The van der Waals surface area contributed by atoms with Crippen LogP contribution >= 0.6 is 0 Å². The van der Waals surface area contributed by atoms with Crippen molar-refractivity contribution >= 4 is 10.1 Å². The Morgan fingerprint density at radius 1 is 1.47 bits per heavy atom. The summed E-state index contributed by atoms with van der Waals surface area (Å²) in [6.45, 7) is 2.19. The fraction of sp³-hybridized carbons (Fsp3) is 0.364. The van der Waals surface area contributed by atoms with E-state index in [1.807, 2.05) is 6.92 Å². The molecule has 0 amide bonds. The molecule has 0 aliphatic carbocycles. The van der Waals surface area contributed by atoms with Gasteiger partial charge in [0, 0.05) is 18.2 Å². The van der Waals surface area contributed by atoms with E-state index in [1.165, 1.54) is 0 Å². The minimum absolute atomic E-state index is 0.237. The lowest BCUT2D eigenvalue weighted by atomic mass is 10.3. The first kappa shape index (κ1) is 13.6. The minimum Gasteiger partial charge on any atom is -0.748 e. The predicted molar refractivity (Wildman–Crippen MR) is 63.8 cm³/mol. The van der Waals surface area contributed by atoms with Gasteiger partial charge >= 0.3 is 0 Å². The van der Waals surface area contributed by atoms with Gasteiger partial charge in [0.25, 0.3) is 0 Å². The van der Waals surface area contributed by atoms with Gasteiger partial charge in [-0.25, -0.2) is 13.4 Å². The highest BCUT2D eigenvalue weighted by atomic mass is 32.2. The molecular formula is C11H13N3O4S. The van der Waals surface area contributed by atoms with Crippen molar-refractivity contribution in [3.05, 3.63) is 30.4 Å². The minimum atomic E-state index is -4.16. The molecule has 19 heavy (non-hydrogen) atoms. The van der Waals surface area contributed by atoms with Crippen LogP contribution in [0, 0.1) is 6.92 Å². The highest BCUT2D eigenvalue weighted by molar-refractivity contribution is 7.85. The van der Waals surface area contributed by atoms with Gasteiger partial charge in [-0.2, -0.15) is 0 Å². The van der Waals surface area contributed by atoms with Crippen LogP contribution in [0.15, 0.2) is 29.1 Å². The Bertz CT molecular complexity index is 649. The van der Waals surface area contributed by atoms with Crippen LogP contribution in [-0.4, -0.2) is 28.8 Å². The Balaban J connectivity index is 1.99. The summed E-state index contributed by atoms with van der Waals surface area (Å²) in [5.74, 6) is 0.0989. The SMILES string of the molecule is Cc1coc(-c2cc[n+](CCCS(=O)(=O)[O-])nc2)n1. The average Bonchev–Trinajstić information content (AvgIpc) is 2.75. The van der Waals surface area contributed by atoms with Crippen molar-refractivity contribution in [2.24, 2.45) is 0 Å². The Labute approximate surface area is 110 Å². The number of nitrogens with zero attached hydrogens (tertiary/aromatic N) is 3. The number of oxazole rings is 1. The zero-order valence-corrected chi connectivity index (χ0v) is 11.1. The molecule has 0 aliphatic rings. The first-order valence-corrected chi connectivity index (χ1v) is 7.24. The third kappa shape index (κ3) is 4.11. The van der Waals surface area contributed by atoms with Crippen LogP contribution in [0.3, 0.4) is 0 Å². The molecule has 0 radical (unpaired) electrons. The van der Waals surface area contributed by atoms with Gasteiger partial charge in [-0.3, -0.25) is 0 Å². The Hall–Kier alpha value is -1.80. The number of rotatable bonds is 5. The summed E-state index contributed by atoms with van der Waals surface area (Å²) >= 11 is 0. The van der Waals surface area contributed by atoms with E-state index < -0.39 is 10.1 Å². The fourth-order valence-electron chi connectivity index (χ4n) is 1.53. The summed E-state index contributed by atoms with van der Waals surface area (Å²) in [5.41, 5.74) is 1.52. The third-order valence-corrected chi connectivity index (χ3v) is 3.21. The number of hydrogen-bond donors (Lipinski definition) is 0.